The van der Waals surface area contributed by atoms with Gasteiger partial charge >= 0.3 is 0 Å². The average molecular weight is 324 g/mol. The van der Waals surface area contributed by atoms with Crippen LogP contribution in [0.25, 0.3) is 11.0 Å². The maximum Gasteiger partial charge on any atom is 0.201 e. The van der Waals surface area contributed by atoms with Gasteiger partial charge in [-0.05, 0) is 29.7 Å². The summed E-state index contributed by atoms with van der Waals surface area (Å²) in [6.07, 6.45) is 0.313. The number of phenolic OH excluding ortho intramolecular Hbond substituents is 4. The third-order valence-electron chi connectivity index (χ3n) is 3.85. The van der Waals surface area contributed by atoms with Gasteiger partial charge in [0.25, 0.3) is 0 Å². The molecule has 2 radical (unpaired) electrons. The van der Waals surface area contributed by atoms with Crippen molar-refractivity contribution in [2.24, 2.45) is 0 Å². The summed E-state index contributed by atoms with van der Waals surface area (Å²) in [7, 11) is 5.58. The minimum Gasteiger partial charge on any atom is -0.508 e. The number of ketones is 1. The van der Waals surface area contributed by atoms with Crippen LogP contribution in [0.15, 0.2) is 28.7 Å². The molecule has 0 atom stereocenters. The van der Waals surface area contributed by atoms with Gasteiger partial charge in [-0.15, -0.1) is 0 Å². The van der Waals surface area contributed by atoms with Crippen molar-refractivity contribution in [1.82, 2.24) is 0 Å². The SMILES string of the molecule is [B]c1c(O)c(O)c2oc(CC)c(C(=O)c3ccc(O)cc3)c2c1O. The van der Waals surface area contributed by atoms with Gasteiger partial charge in [-0.3, -0.25) is 4.79 Å². The highest BCUT2D eigenvalue weighted by Crippen LogP contribution is 2.42. The Kier molecular flexibility index (Phi) is 3.64. The molecule has 0 aliphatic carbocycles. The number of carbonyl (C=O) groups excluding carboxylic acids is 1. The van der Waals surface area contributed by atoms with Crippen LogP contribution < -0.4 is 5.46 Å². The number of rotatable bonds is 3. The molecule has 3 aromatic rings. The van der Waals surface area contributed by atoms with Gasteiger partial charge in [0.05, 0.1) is 10.9 Å². The summed E-state index contributed by atoms with van der Waals surface area (Å²) in [4.78, 5) is 12.8. The Bertz CT molecular complexity index is 956. The van der Waals surface area contributed by atoms with Crippen molar-refractivity contribution >= 4 is 30.1 Å². The fourth-order valence-corrected chi connectivity index (χ4v) is 2.60. The highest BCUT2D eigenvalue weighted by Gasteiger charge is 2.28. The van der Waals surface area contributed by atoms with E-state index in [2.05, 4.69) is 0 Å². The van der Waals surface area contributed by atoms with Crippen molar-refractivity contribution in [3.63, 3.8) is 0 Å². The minimum atomic E-state index is -0.708. The van der Waals surface area contributed by atoms with E-state index in [0.29, 0.717) is 6.42 Å². The van der Waals surface area contributed by atoms with Crippen LogP contribution in [0, 0.1) is 0 Å². The van der Waals surface area contributed by atoms with Crippen LogP contribution in [0.2, 0.25) is 0 Å². The number of phenols is 4. The molecule has 7 heteroatoms. The second-order valence-electron chi connectivity index (χ2n) is 5.29. The molecule has 0 saturated carbocycles. The predicted molar refractivity (Wildman–Crippen MR) is 87.5 cm³/mol. The normalized spacial score (nSPS) is 11.0. The Morgan fingerprint density at radius 3 is 2.25 bits per heavy atom. The van der Waals surface area contributed by atoms with E-state index in [0.717, 1.165) is 0 Å². The molecule has 0 bridgehead atoms. The van der Waals surface area contributed by atoms with E-state index in [1.807, 2.05) is 0 Å². The summed E-state index contributed by atoms with van der Waals surface area (Å²) in [5, 5.41) is 39.3. The largest absolute Gasteiger partial charge is 0.508 e. The summed E-state index contributed by atoms with van der Waals surface area (Å²) in [5.41, 5.74) is -0.338. The molecular formula is C17H13BO6. The lowest BCUT2D eigenvalue weighted by Crippen LogP contribution is -2.07. The number of aryl methyl sites for hydroxylation is 1. The van der Waals surface area contributed by atoms with E-state index in [-0.39, 0.29) is 33.6 Å². The number of hydrogen-bond acceptors (Lipinski definition) is 6. The van der Waals surface area contributed by atoms with E-state index < -0.39 is 28.5 Å². The first-order valence-electron chi connectivity index (χ1n) is 7.18. The van der Waals surface area contributed by atoms with Crippen LogP contribution in [0.4, 0.5) is 0 Å². The van der Waals surface area contributed by atoms with Gasteiger partial charge in [0.2, 0.25) is 5.75 Å². The monoisotopic (exact) mass is 324 g/mol. The first-order valence-corrected chi connectivity index (χ1v) is 7.18. The molecule has 6 nitrogen and oxygen atoms in total. The Morgan fingerprint density at radius 1 is 1.04 bits per heavy atom. The van der Waals surface area contributed by atoms with Crippen molar-refractivity contribution < 1.29 is 29.6 Å². The number of hydrogen-bond donors (Lipinski definition) is 4. The quantitative estimate of drug-likeness (QED) is 0.253. The summed E-state index contributed by atoms with van der Waals surface area (Å²) in [6, 6.07) is 5.57. The molecule has 0 fully saturated rings. The molecule has 1 aromatic heterocycles. The number of fused-ring (bicyclic) bond motifs is 1. The summed E-state index contributed by atoms with van der Waals surface area (Å²) in [6.45, 7) is 1.74. The van der Waals surface area contributed by atoms with Gasteiger partial charge in [0.15, 0.2) is 17.1 Å². The van der Waals surface area contributed by atoms with Crippen LogP contribution >= 0.6 is 0 Å². The number of benzene rings is 2. The highest BCUT2D eigenvalue weighted by molar-refractivity contribution is 6.39. The average Bonchev–Trinajstić information content (AvgIpc) is 2.97. The van der Waals surface area contributed by atoms with Gasteiger partial charge in [-0.25, -0.2) is 0 Å². The standard InChI is InChI=1S/C17H13BO6/c1-2-9-10(13(20)7-3-5-8(19)6-4-7)11-14(21)12(18)15(22)16(23)17(11)24-9/h3-6,19,21-23H,2H2,1H3. The Morgan fingerprint density at radius 2 is 1.67 bits per heavy atom. The lowest BCUT2D eigenvalue weighted by molar-refractivity contribution is 0.103. The van der Waals surface area contributed by atoms with Gasteiger partial charge in [0, 0.05) is 12.0 Å². The van der Waals surface area contributed by atoms with Crippen molar-refractivity contribution in [3.8, 4) is 23.0 Å². The Labute approximate surface area is 138 Å². The lowest BCUT2D eigenvalue weighted by atomic mass is 9.89. The molecule has 0 aliphatic heterocycles. The minimum absolute atomic E-state index is 0.00831. The first-order chi connectivity index (χ1) is 11.4. The zero-order valence-corrected chi connectivity index (χ0v) is 12.7. The van der Waals surface area contributed by atoms with Crippen LogP contribution in [-0.2, 0) is 6.42 Å². The molecular weight excluding hydrogens is 311 g/mol. The van der Waals surface area contributed by atoms with Gasteiger partial charge in [-0.2, -0.15) is 0 Å². The number of aromatic hydroxyl groups is 4. The maximum absolute atomic E-state index is 12.8. The second kappa shape index (κ2) is 5.52. The second-order valence-corrected chi connectivity index (χ2v) is 5.29. The van der Waals surface area contributed by atoms with Crippen LogP contribution in [0.1, 0.15) is 28.6 Å². The van der Waals surface area contributed by atoms with Crippen LogP contribution in [-0.4, -0.2) is 34.1 Å². The molecule has 4 N–H and O–H groups in total. The lowest BCUT2D eigenvalue weighted by Gasteiger charge is -2.07. The van der Waals surface area contributed by atoms with Crippen molar-refractivity contribution in [2.45, 2.75) is 13.3 Å². The molecule has 0 amide bonds. The van der Waals surface area contributed by atoms with Gasteiger partial charge < -0.3 is 24.8 Å². The third kappa shape index (κ3) is 2.17. The van der Waals surface area contributed by atoms with Crippen molar-refractivity contribution in [3.05, 3.63) is 41.2 Å². The molecule has 0 unspecified atom stereocenters. The van der Waals surface area contributed by atoms with Crippen LogP contribution in [0.5, 0.6) is 23.0 Å². The van der Waals surface area contributed by atoms with Crippen molar-refractivity contribution in [2.75, 3.05) is 0 Å². The summed E-state index contributed by atoms with van der Waals surface area (Å²) >= 11 is 0. The zero-order valence-electron chi connectivity index (χ0n) is 12.7. The fraction of sp³-hybridized carbons (Fsp3) is 0.118. The van der Waals surface area contributed by atoms with E-state index in [1.54, 1.807) is 6.92 Å². The Hall–Kier alpha value is -3.09. The van der Waals surface area contributed by atoms with E-state index >= 15 is 0 Å². The Balaban J connectivity index is 2.34. The molecule has 0 aliphatic rings. The molecule has 3 rings (SSSR count). The highest BCUT2D eigenvalue weighted by atomic mass is 16.4. The maximum atomic E-state index is 12.8. The molecule has 1 heterocycles. The predicted octanol–water partition coefficient (Wildman–Crippen LogP) is 1.84. The fourth-order valence-electron chi connectivity index (χ4n) is 2.60. The number of carbonyl (C=O) groups is 1. The molecule has 120 valence electrons. The van der Waals surface area contributed by atoms with E-state index in [4.69, 9.17) is 12.3 Å². The summed E-state index contributed by atoms with van der Waals surface area (Å²) < 4.78 is 5.47. The number of furan rings is 1. The van der Waals surface area contributed by atoms with E-state index in [1.165, 1.54) is 24.3 Å². The molecule has 24 heavy (non-hydrogen) atoms. The first kappa shape index (κ1) is 15.8. The zero-order chi connectivity index (χ0) is 17.6. The smallest absolute Gasteiger partial charge is 0.201 e. The molecule has 2 aromatic carbocycles. The van der Waals surface area contributed by atoms with Gasteiger partial charge in [0.1, 0.15) is 25.1 Å². The van der Waals surface area contributed by atoms with Gasteiger partial charge in [-0.1, -0.05) is 6.92 Å². The summed E-state index contributed by atoms with van der Waals surface area (Å²) in [5.74, 6) is -2.11. The molecule has 0 saturated heterocycles. The molecule has 0 spiro atoms. The topological polar surface area (TPSA) is 111 Å². The van der Waals surface area contributed by atoms with Crippen molar-refractivity contribution in [1.29, 1.82) is 0 Å². The van der Waals surface area contributed by atoms with Crippen LogP contribution in [0.3, 0.4) is 0 Å². The van der Waals surface area contributed by atoms with E-state index in [9.17, 15) is 25.2 Å². The third-order valence-corrected chi connectivity index (χ3v) is 3.85.